The Bertz CT molecular complexity index is 1100. The van der Waals surface area contributed by atoms with Crippen LogP contribution >= 0.6 is 15.9 Å². The van der Waals surface area contributed by atoms with Crippen molar-refractivity contribution in [1.29, 1.82) is 0 Å². The molecule has 0 bridgehead atoms. The predicted octanol–water partition coefficient (Wildman–Crippen LogP) is 5.02. The van der Waals surface area contributed by atoms with Crippen molar-refractivity contribution in [3.8, 4) is 11.5 Å². The number of carbonyl (C=O) groups is 1. The van der Waals surface area contributed by atoms with E-state index in [0.717, 1.165) is 17.4 Å². The molecule has 0 saturated heterocycles. The third kappa shape index (κ3) is 4.79. The zero-order valence-electron chi connectivity index (χ0n) is 16.4. The number of aryl methyl sites for hydroxylation is 1. The first-order valence-corrected chi connectivity index (χ1v) is 9.93. The molecule has 3 rings (SSSR count). The van der Waals surface area contributed by atoms with Crippen LogP contribution in [0, 0.1) is 6.92 Å². The molecule has 3 aromatic rings. The van der Waals surface area contributed by atoms with Gasteiger partial charge < -0.3 is 18.6 Å². The number of methoxy groups -OCH3 is 1. The molecule has 0 aliphatic heterocycles. The van der Waals surface area contributed by atoms with E-state index in [-0.39, 0.29) is 6.61 Å². The molecule has 7 heteroatoms. The number of benzene rings is 2. The summed E-state index contributed by atoms with van der Waals surface area (Å²) in [5.41, 5.74) is 1.83. The highest BCUT2D eigenvalue weighted by molar-refractivity contribution is 9.10. The smallest absolute Gasteiger partial charge is 0.338 e. The molecule has 0 aliphatic rings. The maximum Gasteiger partial charge on any atom is 0.338 e. The number of carbonyl (C=O) groups excluding carboxylic acids is 1. The van der Waals surface area contributed by atoms with Gasteiger partial charge in [0.05, 0.1) is 23.8 Å². The minimum Gasteiger partial charge on any atom is -0.493 e. The molecule has 0 N–H and O–H groups in total. The Balaban J connectivity index is 1.84. The van der Waals surface area contributed by atoms with Gasteiger partial charge in [0.2, 0.25) is 0 Å². The third-order valence-corrected chi connectivity index (χ3v) is 4.85. The van der Waals surface area contributed by atoms with Crippen molar-refractivity contribution >= 4 is 32.9 Å². The summed E-state index contributed by atoms with van der Waals surface area (Å²) >= 11 is 3.42. The Labute approximate surface area is 176 Å². The summed E-state index contributed by atoms with van der Waals surface area (Å²) in [6.07, 6.45) is 0.845. The number of rotatable bonds is 7. The van der Waals surface area contributed by atoms with Crippen molar-refractivity contribution in [3.05, 3.63) is 68.0 Å². The van der Waals surface area contributed by atoms with Gasteiger partial charge in [-0.15, -0.1) is 0 Å². The van der Waals surface area contributed by atoms with E-state index in [2.05, 4.69) is 15.9 Å². The van der Waals surface area contributed by atoms with Crippen LogP contribution in [0.1, 0.15) is 34.8 Å². The summed E-state index contributed by atoms with van der Waals surface area (Å²) in [4.78, 5) is 24.4. The molecule has 0 unspecified atom stereocenters. The third-order valence-electron chi connectivity index (χ3n) is 4.26. The molecule has 0 radical (unpaired) electrons. The minimum atomic E-state index is -0.542. The Hall–Kier alpha value is -2.80. The van der Waals surface area contributed by atoms with Crippen LogP contribution < -0.4 is 15.1 Å². The molecule has 0 fully saturated rings. The van der Waals surface area contributed by atoms with Crippen molar-refractivity contribution < 1.29 is 23.4 Å². The quantitative estimate of drug-likeness (QED) is 0.364. The van der Waals surface area contributed by atoms with Crippen molar-refractivity contribution in [2.75, 3.05) is 13.7 Å². The molecule has 6 nitrogen and oxygen atoms in total. The van der Waals surface area contributed by atoms with Crippen LogP contribution in [-0.2, 0) is 11.3 Å². The summed E-state index contributed by atoms with van der Waals surface area (Å²) in [6, 6.07) is 10.1. The molecular formula is C22H21BrO6. The van der Waals surface area contributed by atoms with E-state index < -0.39 is 11.6 Å². The van der Waals surface area contributed by atoms with Gasteiger partial charge in [0.1, 0.15) is 12.2 Å². The van der Waals surface area contributed by atoms with Crippen LogP contribution in [0.15, 0.2) is 50.1 Å². The Morgan fingerprint density at radius 1 is 1.17 bits per heavy atom. The molecular weight excluding hydrogens is 440 g/mol. The van der Waals surface area contributed by atoms with Crippen molar-refractivity contribution in [2.45, 2.75) is 26.9 Å². The van der Waals surface area contributed by atoms with Crippen molar-refractivity contribution in [2.24, 2.45) is 0 Å². The number of halogens is 1. The van der Waals surface area contributed by atoms with E-state index in [9.17, 15) is 9.59 Å². The van der Waals surface area contributed by atoms with Gasteiger partial charge in [0.25, 0.3) is 0 Å². The maximum atomic E-state index is 12.6. The first-order chi connectivity index (χ1) is 13.9. The van der Waals surface area contributed by atoms with Gasteiger partial charge in [-0.2, -0.15) is 0 Å². The van der Waals surface area contributed by atoms with Crippen LogP contribution in [-0.4, -0.2) is 19.7 Å². The maximum absolute atomic E-state index is 12.6. The van der Waals surface area contributed by atoms with Gasteiger partial charge in [-0.1, -0.05) is 19.1 Å². The average molecular weight is 461 g/mol. The molecule has 29 heavy (non-hydrogen) atoms. The fourth-order valence-corrected chi connectivity index (χ4v) is 3.42. The fourth-order valence-electron chi connectivity index (χ4n) is 2.87. The number of esters is 1. The zero-order chi connectivity index (χ0) is 21.0. The minimum absolute atomic E-state index is 0.0575. The molecule has 2 aromatic carbocycles. The summed E-state index contributed by atoms with van der Waals surface area (Å²) in [5.74, 6) is 0.425. The van der Waals surface area contributed by atoms with E-state index in [1.807, 2.05) is 26.0 Å². The molecule has 0 spiro atoms. The highest BCUT2D eigenvalue weighted by Gasteiger charge is 2.17. The van der Waals surface area contributed by atoms with Crippen LogP contribution in [0.25, 0.3) is 11.0 Å². The number of fused-ring (bicyclic) bond motifs is 1. The number of hydrogen-bond acceptors (Lipinski definition) is 6. The topological polar surface area (TPSA) is 75.0 Å². The van der Waals surface area contributed by atoms with Crippen molar-refractivity contribution in [3.63, 3.8) is 0 Å². The van der Waals surface area contributed by atoms with Crippen molar-refractivity contribution in [1.82, 2.24) is 0 Å². The first kappa shape index (κ1) is 20.9. The number of hydrogen-bond donors (Lipinski definition) is 0. The highest BCUT2D eigenvalue weighted by atomic mass is 79.9. The fraction of sp³-hybridized carbons (Fsp3) is 0.273. The summed E-state index contributed by atoms with van der Waals surface area (Å²) in [7, 11) is 1.51. The van der Waals surface area contributed by atoms with Gasteiger partial charge in [-0.05, 0) is 53.0 Å². The lowest BCUT2D eigenvalue weighted by Crippen LogP contribution is -2.09. The monoisotopic (exact) mass is 460 g/mol. The molecule has 0 aliphatic carbocycles. The molecule has 152 valence electrons. The Morgan fingerprint density at radius 3 is 2.69 bits per heavy atom. The standard InChI is InChI=1S/C22H21BrO6/c1-4-7-27-21-17(23)9-14(10-19(21)26-3)22(25)28-12-15-11-20(24)29-18-8-13(2)5-6-16(15)18/h5-6,8-11H,4,7,12H2,1-3H3. The zero-order valence-corrected chi connectivity index (χ0v) is 18.0. The van der Waals surface area contributed by atoms with E-state index in [1.165, 1.54) is 13.2 Å². The van der Waals surface area contributed by atoms with Gasteiger partial charge in [-0.3, -0.25) is 0 Å². The second-order valence-electron chi connectivity index (χ2n) is 6.50. The van der Waals surface area contributed by atoms with E-state index in [0.29, 0.717) is 39.3 Å². The van der Waals surface area contributed by atoms with Gasteiger partial charge in [0.15, 0.2) is 11.5 Å². The van der Waals surface area contributed by atoms with Crippen LogP contribution in [0.5, 0.6) is 11.5 Å². The number of ether oxygens (including phenoxy) is 3. The summed E-state index contributed by atoms with van der Waals surface area (Å²) < 4.78 is 22.3. The van der Waals surface area contributed by atoms with Gasteiger partial charge >= 0.3 is 11.6 Å². The summed E-state index contributed by atoms with van der Waals surface area (Å²) in [5, 5.41) is 0.727. The van der Waals surface area contributed by atoms with Crippen LogP contribution in [0.3, 0.4) is 0 Å². The molecule has 1 aromatic heterocycles. The highest BCUT2D eigenvalue weighted by Crippen LogP contribution is 2.37. The predicted molar refractivity (Wildman–Crippen MR) is 113 cm³/mol. The lowest BCUT2D eigenvalue weighted by Gasteiger charge is -2.14. The summed E-state index contributed by atoms with van der Waals surface area (Å²) in [6.45, 7) is 4.38. The first-order valence-electron chi connectivity index (χ1n) is 9.13. The SMILES string of the molecule is CCCOc1c(Br)cc(C(=O)OCc2cc(=O)oc3cc(C)ccc23)cc1OC. The Morgan fingerprint density at radius 2 is 1.97 bits per heavy atom. The lowest BCUT2D eigenvalue weighted by atomic mass is 10.1. The largest absolute Gasteiger partial charge is 0.493 e. The molecule has 0 atom stereocenters. The average Bonchev–Trinajstić information content (AvgIpc) is 2.69. The molecule has 0 amide bonds. The van der Waals surface area contributed by atoms with Gasteiger partial charge in [0, 0.05) is 17.0 Å². The normalized spacial score (nSPS) is 10.8. The molecule has 1 heterocycles. The van der Waals surface area contributed by atoms with E-state index in [4.69, 9.17) is 18.6 Å². The lowest BCUT2D eigenvalue weighted by molar-refractivity contribution is 0.0473. The van der Waals surface area contributed by atoms with E-state index >= 15 is 0 Å². The van der Waals surface area contributed by atoms with E-state index in [1.54, 1.807) is 18.2 Å². The van der Waals surface area contributed by atoms with Gasteiger partial charge in [-0.25, -0.2) is 9.59 Å². The molecule has 0 saturated carbocycles. The van der Waals surface area contributed by atoms with Crippen LogP contribution in [0.4, 0.5) is 0 Å². The second kappa shape index (κ2) is 9.13. The Kier molecular flexibility index (Phi) is 6.59. The van der Waals surface area contributed by atoms with Crippen LogP contribution in [0.2, 0.25) is 0 Å². The second-order valence-corrected chi connectivity index (χ2v) is 7.36.